The number of halogens is 4. The number of carbonyl (C=O) groups is 1. The van der Waals surface area contributed by atoms with Crippen LogP contribution in [0.1, 0.15) is 19.3 Å². The Morgan fingerprint density at radius 2 is 2.05 bits per heavy atom. The predicted molar refractivity (Wildman–Crippen MR) is 69.4 cm³/mol. The van der Waals surface area contributed by atoms with Crippen LogP contribution >= 0.6 is 15.9 Å². The van der Waals surface area contributed by atoms with Crippen molar-refractivity contribution >= 4 is 27.5 Å². The zero-order valence-electron chi connectivity index (χ0n) is 9.97. The molecule has 0 aliphatic rings. The SMILES string of the molecule is O=C(CCCCBr)Nc1cccc(OC(F)(F)F)c1. The zero-order valence-corrected chi connectivity index (χ0v) is 11.6. The number of alkyl halides is 4. The maximum Gasteiger partial charge on any atom is 0.573 e. The predicted octanol–water partition coefficient (Wildman–Crippen LogP) is 4.09. The lowest BCUT2D eigenvalue weighted by Crippen LogP contribution is -2.17. The van der Waals surface area contributed by atoms with Crippen molar-refractivity contribution in [2.75, 3.05) is 10.6 Å². The molecular weight excluding hydrogens is 327 g/mol. The van der Waals surface area contributed by atoms with Crippen molar-refractivity contribution in [2.45, 2.75) is 25.6 Å². The summed E-state index contributed by atoms with van der Waals surface area (Å²) in [7, 11) is 0. The van der Waals surface area contributed by atoms with Crippen LogP contribution in [0.4, 0.5) is 18.9 Å². The standard InChI is InChI=1S/C12H13BrF3NO2/c13-7-2-1-6-11(18)17-9-4-3-5-10(8-9)19-12(14,15)16/h3-5,8H,1-2,6-7H2,(H,17,18). The van der Waals surface area contributed by atoms with E-state index in [1.54, 1.807) is 0 Å². The van der Waals surface area contributed by atoms with Gasteiger partial charge in [-0.25, -0.2) is 0 Å². The molecule has 0 aliphatic heterocycles. The Labute approximate surface area is 117 Å². The summed E-state index contributed by atoms with van der Waals surface area (Å²) < 4.78 is 39.8. The Morgan fingerprint density at radius 1 is 1.32 bits per heavy atom. The van der Waals surface area contributed by atoms with Gasteiger partial charge >= 0.3 is 6.36 Å². The van der Waals surface area contributed by atoms with E-state index < -0.39 is 6.36 Å². The molecule has 0 saturated heterocycles. The third-order valence-corrected chi connectivity index (χ3v) is 2.70. The van der Waals surface area contributed by atoms with Gasteiger partial charge in [0.2, 0.25) is 5.91 Å². The Hall–Kier alpha value is -1.24. The molecule has 0 bridgehead atoms. The van der Waals surface area contributed by atoms with E-state index in [4.69, 9.17) is 0 Å². The van der Waals surface area contributed by atoms with Gasteiger partial charge in [-0.3, -0.25) is 4.79 Å². The normalized spacial score (nSPS) is 11.2. The van der Waals surface area contributed by atoms with Crippen LogP contribution in [0.2, 0.25) is 0 Å². The number of carbonyl (C=O) groups excluding carboxylic acids is 1. The minimum atomic E-state index is -4.74. The summed E-state index contributed by atoms with van der Waals surface area (Å²) in [5.74, 6) is -0.587. The Morgan fingerprint density at radius 3 is 2.68 bits per heavy atom. The van der Waals surface area contributed by atoms with Gasteiger partial charge in [0.15, 0.2) is 0 Å². The molecule has 3 nitrogen and oxygen atoms in total. The quantitative estimate of drug-likeness (QED) is 0.626. The van der Waals surface area contributed by atoms with Gasteiger partial charge in [-0.1, -0.05) is 22.0 Å². The Bertz CT molecular complexity index is 424. The number of ether oxygens (including phenoxy) is 1. The average molecular weight is 340 g/mol. The van der Waals surface area contributed by atoms with Gasteiger partial charge in [-0.15, -0.1) is 13.2 Å². The van der Waals surface area contributed by atoms with E-state index in [0.717, 1.165) is 24.2 Å². The van der Waals surface area contributed by atoms with Crippen molar-refractivity contribution in [3.63, 3.8) is 0 Å². The summed E-state index contributed by atoms with van der Waals surface area (Å²) in [6, 6.07) is 5.20. The minimum Gasteiger partial charge on any atom is -0.406 e. The lowest BCUT2D eigenvalue weighted by Gasteiger charge is -2.10. The minimum absolute atomic E-state index is 0.231. The van der Waals surface area contributed by atoms with E-state index in [1.165, 1.54) is 18.2 Å². The number of amides is 1. The van der Waals surface area contributed by atoms with E-state index in [-0.39, 0.29) is 17.3 Å². The molecule has 0 atom stereocenters. The first-order chi connectivity index (χ1) is 8.90. The zero-order chi connectivity index (χ0) is 14.3. The Kier molecular flexibility index (Phi) is 6.14. The van der Waals surface area contributed by atoms with Crippen molar-refractivity contribution in [2.24, 2.45) is 0 Å². The largest absolute Gasteiger partial charge is 0.573 e. The molecule has 0 aliphatic carbocycles. The molecule has 0 spiro atoms. The van der Waals surface area contributed by atoms with E-state index in [1.807, 2.05) is 0 Å². The number of anilines is 1. The van der Waals surface area contributed by atoms with Gasteiger partial charge in [-0.05, 0) is 25.0 Å². The van der Waals surface area contributed by atoms with Crippen molar-refractivity contribution < 1.29 is 22.7 Å². The van der Waals surface area contributed by atoms with Crippen molar-refractivity contribution in [1.82, 2.24) is 0 Å². The first-order valence-electron chi connectivity index (χ1n) is 5.62. The molecule has 0 heterocycles. The van der Waals surface area contributed by atoms with Gasteiger partial charge < -0.3 is 10.1 Å². The van der Waals surface area contributed by atoms with Crippen LogP contribution < -0.4 is 10.1 Å². The fourth-order valence-electron chi connectivity index (χ4n) is 1.37. The molecule has 1 rings (SSSR count). The fraction of sp³-hybridized carbons (Fsp3) is 0.417. The van der Waals surface area contributed by atoms with Crippen molar-refractivity contribution in [3.05, 3.63) is 24.3 Å². The molecule has 0 saturated carbocycles. The van der Waals surface area contributed by atoms with Crippen LogP contribution in [-0.4, -0.2) is 17.6 Å². The summed E-state index contributed by atoms with van der Waals surface area (Å²) in [5, 5.41) is 3.34. The maximum atomic E-state index is 12.0. The lowest BCUT2D eigenvalue weighted by atomic mass is 10.2. The average Bonchev–Trinajstić information content (AvgIpc) is 2.27. The highest BCUT2D eigenvalue weighted by molar-refractivity contribution is 9.09. The highest BCUT2D eigenvalue weighted by atomic mass is 79.9. The van der Waals surface area contributed by atoms with Gasteiger partial charge in [0.05, 0.1) is 0 Å². The molecule has 0 aromatic heterocycles. The van der Waals surface area contributed by atoms with Gasteiger partial charge in [0.1, 0.15) is 5.75 Å². The molecular formula is C12H13BrF3NO2. The molecule has 106 valence electrons. The molecule has 19 heavy (non-hydrogen) atoms. The van der Waals surface area contributed by atoms with E-state index >= 15 is 0 Å². The number of hydrogen-bond acceptors (Lipinski definition) is 2. The van der Waals surface area contributed by atoms with Gasteiger partial charge in [0, 0.05) is 23.5 Å². The summed E-state index contributed by atoms with van der Waals surface area (Å²) in [6.45, 7) is 0. The lowest BCUT2D eigenvalue weighted by molar-refractivity contribution is -0.274. The molecule has 7 heteroatoms. The van der Waals surface area contributed by atoms with Crippen LogP contribution in [0.3, 0.4) is 0 Å². The number of hydrogen-bond donors (Lipinski definition) is 1. The second kappa shape index (κ2) is 7.37. The fourth-order valence-corrected chi connectivity index (χ4v) is 1.77. The van der Waals surface area contributed by atoms with Crippen LogP contribution in [0.25, 0.3) is 0 Å². The number of rotatable bonds is 6. The summed E-state index contributed by atoms with van der Waals surface area (Å²) >= 11 is 3.25. The maximum absolute atomic E-state index is 12.0. The molecule has 0 radical (unpaired) electrons. The molecule has 1 aromatic carbocycles. The molecule has 0 unspecified atom stereocenters. The van der Waals surface area contributed by atoms with E-state index in [9.17, 15) is 18.0 Å². The van der Waals surface area contributed by atoms with Crippen LogP contribution in [0.15, 0.2) is 24.3 Å². The molecule has 1 amide bonds. The topological polar surface area (TPSA) is 38.3 Å². The van der Waals surface area contributed by atoms with Gasteiger partial charge in [-0.2, -0.15) is 0 Å². The number of nitrogens with one attached hydrogen (secondary N) is 1. The Balaban J connectivity index is 2.54. The van der Waals surface area contributed by atoms with Gasteiger partial charge in [0.25, 0.3) is 0 Å². The third-order valence-electron chi connectivity index (χ3n) is 2.14. The monoisotopic (exact) mass is 339 g/mol. The third kappa shape index (κ3) is 7.05. The van der Waals surface area contributed by atoms with Crippen molar-refractivity contribution in [1.29, 1.82) is 0 Å². The first-order valence-corrected chi connectivity index (χ1v) is 6.74. The second-order valence-electron chi connectivity index (χ2n) is 3.77. The van der Waals surface area contributed by atoms with Crippen molar-refractivity contribution in [3.8, 4) is 5.75 Å². The van der Waals surface area contributed by atoms with E-state index in [0.29, 0.717) is 6.42 Å². The highest BCUT2D eigenvalue weighted by Gasteiger charge is 2.31. The first kappa shape index (κ1) is 15.8. The van der Waals surface area contributed by atoms with E-state index in [2.05, 4.69) is 26.0 Å². The molecule has 0 fully saturated rings. The summed E-state index contributed by atoms with van der Waals surface area (Å²) in [6.07, 6.45) is -2.82. The second-order valence-corrected chi connectivity index (χ2v) is 4.56. The van der Waals surface area contributed by atoms with Crippen LogP contribution in [-0.2, 0) is 4.79 Å². The molecule has 1 N–H and O–H groups in total. The number of unbranched alkanes of at least 4 members (excludes halogenated alkanes) is 1. The highest BCUT2D eigenvalue weighted by Crippen LogP contribution is 2.25. The van der Waals surface area contributed by atoms with Crippen LogP contribution in [0.5, 0.6) is 5.75 Å². The van der Waals surface area contributed by atoms with Crippen LogP contribution in [0, 0.1) is 0 Å². The smallest absolute Gasteiger partial charge is 0.406 e. The number of benzene rings is 1. The molecule has 1 aromatic rings. The summed E-state index contributed by atoms with van der Waals surface area (Å²) in [4.78, 5) is 11.5. The summed E-state index contributed by atoms with van der Waals surface area (Å²) in [5.41, 5.74) is 0.283.